The number of benzene rings is 2. The van der Waals surface area contributed by atoms with Crippen LogP contribution in [0.2, 0.25) is 0 Å². The van der Waals surface area contributed by atoms with E-state index in [1.54, 1.807) is 0 Å². The predicted molar refractivity (Wildman–Crippen MR) is 153 cm³/mol. The van der Waals surface area contributed by atoms with Gasteiger partial charge < -0.3 is 5.71 Å². The Morgan fingerprint density at radius 1 is 0.735 bits per heavy atom. The molecule has 0 bridgehead atoms. The zero-order chi connectivity index (χ0) is 23.2. The number of fused-ring (bicyclic) bond motifs is 1. The molecule has 0 atom stereocenters. The van der Waals surface area contributed by atoms with Crippen molar-refractivity contribution in [2.24, 2.45) is 0 Å². The fourth-order valence-electron chi connectivity index (χ4n) is 4.74. The number of aryl methyl sites for hydroxylation is 1. The molecule has 188 valence electrons. The first-order valence-corrected chi connectivity index (χ1v) is 14.4. The van der Waals surface area contributed by atoms with Crippen molar-refractivity contribution in [1.29, 1.82) is 0 Å². The Hall–Kier alpha value is 1.44. The van der Waals surface area contributed by atoms with Crippen LogP contribution in [0.4, 0.5) is 0 Å². The Morgan fingerprint density at radius 2 is 1.21 bits per heavy atom. The third kappa shape index (κ3) is 12.8. The molecule has 6 heteroatoms. The molecule has 0 saturated heterocycles. The SMILES string of the molecule is CCCCCCCCCc1cc2ccccc2c(S(=O)(=O)O)c1CCCCCCCCC.[Ba+2].[Ca+2].[H-].[H-].[H-].[H-]. The van der Waals surface area contributed by atoms with Crippen molar-refractivity contribution in [2.45, 2.75) is 121 Å². The van der Waals surface area contributed by atoms with Crippen LogP contribution in [0, 0.1) is 0 Å². The second-order valence-electron chi connectivity index (χ2n) is 9.28. The standard InChI is InChI=1S/C28H44O3S.Ba.Ca.4H/c1-3-5-7-9-11-13-15-19-24-23-25-20-17-18-22-27(25)28(32(29,30)31)26(24)21-16-14-12-10-8-6-4-2;;;;;;/h17-18,20,22-23H,3-16,19,21H2,1-2H3,(H,29,30,31);;;;;;/q;2*+2;4*-1. The molecule has 0 fully saturated rings. The molecule has 2 rings (SSSR count). The van der Waals surface area contributed by atoms with Crippen LogP contribution >= 0.6 is 0 Å². The molecule has 0 spiro atoms. The summed E-state index contributed by atoms with van der Waals surface area (Å²) < 4.78 is 35.1. The Morgan fingerprint density at radius 3 is 1.74 bits per heavy atom. The van der Waals surface area contributed by atoms with Gasteiger partial charge in [0.1, 0.15) is 4.90 Å². The molecule has 0 aliphatic heterocycles. The zero-order valence-electron chi connectivity index (χ0n) is 25.8. The third-order valence-electron chi connectivity index (χ3n) is 6.53. The second kappa shape index (κ2) is 20.4. The van der Waals surface area contributed by atoms with Gasteiger partial charge in [-0.25, -0.2) is 0 Å². The second-order valence-corrected chi connectivity index (χ2v) is 10.6. The minimum atomic E-state index is -4.28. The summed E-state index contributed by atoms with van der Waals surface area (Å²) in [4.78, 5) is 0.152. The van der Waals surface area contributed by atoms with Gasteiger partial charge in [-0.2, -0.15) is 8.42 Å². The molecule has 0 aromatic heterocycles. The van der Waals surface area contributed by atoms with Crippen molar-refractivity contribution in [3.63, 3.8) is 0 Å². The average molecular weight is 642 g/mol. The zero-order valence-corrected chi connectivity index (χ0v) is 29.3. The van der Waals surface area contributed by atoms with Crippen molar-refractivity contribution < 1.29 is 18.7 Å². The maximum Gasteiger partial charge on any atom is 2.00 e. The van der Waals surface area contributed by atoms with Gasteiger partial charge in [0.05, 0.1) is 0 Å². The number of hydrogen-bond acceptors (Lipinski definition) is 2. The van der Waals surface area contributed by atoms with Gasteiger partial charge in [-0.15, -0.1) is 0 Å². The summed E-state index contributed by atoms with van der Waals surface area (Å²) in [5, 5.41) is 1.55. The molecule has 1 N–H and O–H groups in total. The first kappa shape index (κ1) is 35.4. The van der Waals surface area contributed by atoms with Crippen molar-refractivity contribution in [3.05, 3.63) is 41.5 Å². The first-order chi connectivity index (χ1) is 15.5. The molecule has 0 radical (unpaired) electrons. The number of unbranched alkanes of at least 4 members (excludes halogenated alkanes) is 12. The summed E-state index contributed by atoms with van der Waals surface area (Å²) in [5.74, 6) is 0. The molecule has 0 saturated carbocycles. The van der Waals surface area contributed by atoms with Crippen molar-refractivity contribution in [1.82, 2.24) is 0 Å². The summed E-state index contributed by atoms with van der Waals surface area (Å²) in [6.45, 7) is 4.46. The molecular formula is C28H48BaCaO3S. The molecule has 0 aliphatic rings. The Kier molecular flexibility index (Phi) is 21.3. The maximum atomic E-state index is 12.5. The van der Waals surface area contributed by atoms with E-state index in [1.807, 2.05) is 24.3 Å². The summed E-state index contributed by atoms with van der Waals surface area (Å²) in [7, 11) is -4.28. The van der Waals surface area contributed by atoms with Crippen LogP contribution in [-0.2, 0) is 23.0 Å². The summed E-state index contributed by atoms with van der Waals surface area (Å²) in [6.07, 6.45) is 18.6. The molecule has 0 amide bonds. The average Bonchev–Trinajstić information content (AvgIpc) is 2.76. The summed E-state index contributed by atoms with van der Waals surface area (Å²) in [6, 6.07) is 9.73. The minimum absolute atomic E-state index is 0. The van der Waals surface area contributed by atoms with E-state index in [4.69, 9.17) is 0 Å². The molecule has 0 heterocycles. The van der Waals surface area contributed by atoms with Crippen LogP contribution in [0.25, 0.3) is 10.8 Å². The molecule has 2 aromatic carbocycles. The fourth-order valence-corrected chi connectivity index (χ4v) is 5.74. The molecule has 3 nitrogen and oxygen atoms in total. The van der Waals surface area contributed by atoms with Crippen LogP contribution < -0.4 is 0 Å². The first-order valence-electron chi connectivity index (χ1n) is 13.0. The van der Waals surface area contributed by atoms with E-state index in [-0.39, 0.29) is 97.2 Å². The van der Waals surface area contributed by atoms with Crippen LogP contribution in [0.1, 0.15) is 121 Å². The van der Waals surface area contributed by atoms with Crippen LogP contribution in [0.5, 0.6) is 0 Å². The quantitative estimate of drug-likeness (QED) is 0.107. The Labute approximate surface area is 285 Å². The van der Waals surface area contributed by atoms with E-state index in [0.717, 1.165) is 48.6 Å². The van der Waals surface area contributed by atoms with E-state index in [2.05, 4.69) is 19.9 Å². The summed E-state index contributed by atoms with van der Waals surface area (Å²) in [5.41, 5.74) is 1.96. The van der Waals surface area contributed by atoms with Crippen LogP contribution in [-0.4, -0.2) is 99.6 Å². The van der Waals surface area contributed by atoms with Crippen molar-refractivity contribution in [3.8, 4) is 0 Å². The fraction of sp³-hybridized carbons (Fsp3) is 0.643. The minimum Gasteiger partial charge on any atom is -1.00 e. The van der Waals surface area contributed by atoms with Crippen molar-refractivity contribution in [2.75, 3.05) is 0 Å². The van der Waals surface area contributed by atoms with Crippen molar-refractivity contribution >= 4 is 108 Å². The van der Waals surface area contributed by atoms with Gasteiger partial charge >= 0.3 is 86.6 Å². The molecule has 0 aliphatic carbocycles. The molecule has 2 aromatic rings. The van der Waals surface area contributed by atoms with Gasteiger partial charge in [0.15, 0.2) is 0 Å². The third-order valence-corrected chi connectivity index (χ3v) is 7.52. The number of hydrogen-bond donors (Lipinski definition) is 1. The van der Waals surface area contributed by atoms with Gasteiger partial charge in [-0.1, -0.05) is 121 Å². The van der Waals surface area contributed by atoms with E-state index in [1.165, 1.54) is 70.6 Å². The van der Waals surface area contributed by atoms with E-state index < -0.39 is 10.1 Å². The van der Waals surface area contributed by atoms with Gasteiger partial charge in [0, 0.05) is 5.39 Å². The normalized spacial score (nSPS) is 11.3. The molecule has 34 heavy (non-hydrogen) atoms. The smallest absolute Gasteiger partial charge is 1.00 e. The van der Waals surface area contributed by atoms with Gasteiger partial charge in [0.2, 0.25) is 0 Å². The van der Waals surface area contributed by atoms with E-state index >= 15 is 0 Å². The summed E-state index contributed by atoms with van der Waals surface area (Å²) >= 11 is 0. The molecule has 0 unspecified atom stereocenters. The van der Waals surface area contributed by atoms with Crippen LogP contribution in [0.15, 0.2) is 35.2 Å². The molecular weight excluding hydrogens is 594 g/mol. The monoisotopic (exact) mass is 642 g/mol. The topological polar surface area (TPSA) is 54.4 Å². The largest absolute Gasteiger partial charge is 2.00 e. The van der Waals surface area contributed by atoms with Gasteiger partial charge in [0.25, 0.3) is 10.1 Å². The maximum absolute atomic E-state index is 12.5. The van der Waals surface area contributed by atoms with E-state index in [9.17, 15) is 13.0 Å². The Balaban J connectivity index is -0.000000605. The van der Waals surface area contributed by atoms with Crippen LogP contribution in [0.3, 0.4) is 0 Å². The Bertz CT molecular complexity index is 934. The van der Waals surface area contributed by atoms with E-state index in [0.29, 0.717) is 5.39 Å². The predicted octanol–water partition coefficient (Wildman–Crippen LogP) is 8.36. The number of rotatable bonds is 17. The van der Waals surface area contributed by atoms with Gasteiger partial charge in [-0.05, 0) is 42.2 Å². The van der Waals surface area contributed by atoms with Gasteiger partial charge in [-0.3, -0.25) is 4.55 Å².